The van der Waals surface area contributed by atoms with Gasteiger partial charge in [-0.15, -0.1) is 0 Å². The molecular weight excluding hydrogens is 431 g/mol. The van der Waals surface area contributed by atoms with Crippen molar-refractivity contribution >= 4 is 46.5 Å². The predicted molar refractivity (Wildman–Crippen MR) is 118 cm³/mol. The number of amides is 1. The van der Waals surface area contributed by atoms with Crippen LogP contribution < -0.4 is 5.32 Å². The smallest absolute Gasteiger partial charge is 0.252 e. The Bertz CT molecular complexity index is 1160. The normalized spacial score (nSPS) is 15.4. The monoisotopic (exact) mass is 446 g/mol. The highest BCUT2D eigenvalue weighted by Gasteiger charge is 2.36. The molecule has 8 heteroatoms. The number of aromatic nitrogens is 2. The van der Waals surface area contributed by atoms with Gasteiger partial charge in [0.2, 0.25) is 0 Å². The molecule has 4 rings (SSSR count). The number of rotatable bonds is 3. The largest absolute Gasteiger partial charge is 0.307 e. The number of hydrogen-bond acceptors (Lipinski definition) is 3. The third-order valence-corrected chi connectivity index (χ3v) is 5.57. The predicted octanol–water partition coefficient (Wildman–Crippen LogP) is 5.46. The number of halogens is 3. The molecule has 0 unspecified atom stereocenters. The average molecular weight is 448 g/mol. The van der Waals surface area contributed by atoms with Crippen LogP contribution in [-0.4, -0.2) is 27.1 Å². The molecular formula is C21H17Cl3N4O. The number of benzene rings is 2. The van der Waals surface area contributed by atoms with Crippen LogP contribution >= 0.6 is 34.8 Å². The Morgan fingerprint density at radius 3 is 2.24 bits per heavy atom. The first-order chi connectivity index (χ1) is 13.7. The van der Waals surface area contributed by atoms with E-state index < -0.39 is 5.54 Å². The lowest BCUT2D eigenvalue weighted by molar-refractivity contribution is -0.122. The van der Waals surface area contributed by atoms with E-state index in [-0.39, 0.29) is 5.91 Å². The topological polar surface area (TPSA) is 59.3 Å². The van der Waals surface area contributed by atoms with E-state index in [1.165, 1.54) is 0 Å². The fourth-order valence-electron chi connectivity index (χ4n) is 3.23. The lowest BCUT2D eigenvalue weighted by atomic mass is 10.1. The molecule has 0 fully saturated rings. The van der Waals surface area contributed by atoms with Crippen molar-refractivity contribution in [3.63, 3.8) is 0 Å². The van der Waals surface area contributed by atoms with Crippen LogP contribution in [0.2, 0.25) is 15.1 Å². The van der Waals surface area contributed by atoms with Crippen LogP contribution in [0.15, 0.2) is 47.5 Å². The van der Waals surface area contributed by atoms with Gasteiger partial charge in [0.25, 0.3) is 5.91 Å². The molecule has 148 valence electrons. The molecule has 0 radical (unpaired) electrons. The van der Waals surface area contributed by atoms with E-state index >= 15 is 0 Å². The van der Waals surface area contributed by atoms with Gasteiger partial charge in [-0.25, -0.2) is 4.68 Å². The van der Waals surface area contributed by atoms with E-state index in [9.17, 15) is 4.79 Å². The molecule has 0 aliphatic carbocycles. The van der Waals surface area contributed by atoms with Gasteiger partial charge in [0.15, 0.2) is 5.84 Å². The quantitative estimate of drug-likeness (QED) is 0.579. The highest BCUT2D eigenvalue weighted by atomic mass is 35.5. The average Bonchev–Trinajstić information content (AvgIpc) is 3.12. The summed E-state index contributed by atoms with van der Waals surface area (Å²) in [6.45, 7) is 5.46. The van der Waals surface area contributed by atoms with Gasteiger partial charge < -0.3 is 5.32 Å². The number of carbonyl (C=O) groups excluding carboxylic acids is 1. The van der Waals surface area contributed by atoms with Crippen molar-refractivity contribution in [3.05, 3.63) is 68.8 Å². The lowest BCUT2D eigenvalue weighted by Gasteiger charge is -2.11. The first kappa shape index (κ1) is 20.0. The highest BCUT2D eigenvalue weighted by Crippen LogP contribution is 2.34. The van der Waals surface area contributed by atoms with Crippen molar-refractivity contribution in [2.75, 3.05) is 0 Å². The second kappa shape index (κ2) is 7.17. The minimum absolute atomic E-state index is 0.168. The molecule has 1 aliphatic heterocycles. The molecule has 1 amide bonds. The van der Waals surface area contributed by atoms with Gasteiger partial charge in [-0.2, -0.15) is 5.10 Å². The highest BCUT2D eigenvalue weighted by molar-refractivity contribution is 6.35. The summed E-state index contributed by atoms with van der Waals surface area (Å²) < 4.78 is 1.74. The van der Waals surface area contributed by atoms with Crippen molar-refractivity contribution in [3.8, 4) is 16.9 Å². The molecule has 1 aliphatic rings. The zero-order valence-corrected chi connectivity index (χ0v) is 18.2. The summed E-state index contributed by atoms with van der Waals surface area (Å²) in [5.41, 5.74) is 2.99. The second-order valence-corrected chi connectivity index (χ2v) is 8.59. The number of aliphatic imine (C=N–C) groups is 1. The van der Waals surface area contributed by atoms with Gasteiger partial charge in [0.05, 0.1) is 16.4 Å². The fourth-order valence-corrected chi connectivity index (χ4v) is 3.84. The maximum atomic E-state index is 12.2. The Morgan fingerprint density at radius 1 is 1.00 bits per heavy atom. The molecule has 29 heavy (non-hydrogen) atoms. The summed E-state index contributed by atoms with van der Waals surface area (Å²) in [5.74, 6) is 0.274. The number of amidine groups is 1. The van der Waals surface area contributed by atoms with Gasteiger partial charge in [-0.05, 0) is 51.1 Å². The van der Waals surface area contributed by atoms with Gasteiger partial charge >= 0.3 is 0 Å². The Labute approximate surface area is 183 Å². The molecule has 1 aromatic heterocycles. The summed E-state index contributed by atoms with van der Waals surface area (Å²) in [4.78, 5) is 16.8. The first-order valence-corrected chi connectivity index (χ1v) is 10.0. The molecule has 0 spiro atoms. The van der Waals surface area contributed by atoms with E-state index in [0.717, 1.165) is 16.8 Å². The molecule has 0 saturated heterocycles. The van der Waals surface area contributed by atoms with Crippen LogP contribution in [0.25, 0.3) is 16.9 Å². The second-order valence-electron chi connectivity index (χ2n) is 7.31. The maximum absolute atomic E-state index is 12.2. The van der Waals surface area contributed by atoms with Crippen molar-refractivity contribution < 1.29 is 4.79 Å². The van der Waals surface area contributed by atoms with Crippen molar-refractivity contribution in [1.82, 2.24) is 15.1 Å². The molecule has 2 heterocycles. The first-order valence-electron chi connectivity index (χ1n) is 8.90. The van der Waals surface area contributed by atoms with E-state index in [1.807, 2.05) is 31.2 Å². The molecule has 2 aromatic carbocycles. The van der Waals surface area contributed by atoms with Gasteiger partial charge in [0, 0.05) is 21.2 Å². The van der Waals surface area contributed by atoms with E-state index in [4.69, 9.17) is 39.9 Å². The SMILES string of the molecule is Cc1c(C2=NC(C)(C)C(=O)N2)nn(-c2ccc(Cl)cc2Cl)c1-c1ccc(Cl)cc1. The number of carbonyl (C=O) groups is 1. The third-order valence-electron chi connectivity index (χ3n) is 4.78. The van der Waals surface area contributed by atoms with E-state index in [1.54, 1.807) is 36.7 Å². The lowest BCUT2D eigenvalue weighted by Crippen LogP contribution is -2.34. The van der Waals surface area contributed by atoms with E-state index in [0.29, 0.717) is 32.3 Å². The molecule has 1 N–H and O–H groups in total. The summed E-state index contributed by atoms with van der Waals surface area (Å²) in [5, 5.41) is 9.23. The van der Waals surface area contributed by atoms with Gasteiger partial charge in [-0.3, -0.25) is 9.79 Å². The van der Waals surface area contributed by atoms with Crippen LogP contribution in [0.4, 0.5) is 0 Å². The minimum Gasteiger partial charge on any atom is -0.307 e. The van der Waals surface area contributed by atoms with Crippen molar-refractivity contribution in [2.24, 2.45) is 4.99 Å². The maximum Gasteiger partial charge on any atom is 0.252 e. The number of hydrogen-bond donors (Lipinski definition) is 1. The Balaban J connectivity index is 1.97. The van der Waals surface area contributed by atoms with Crippen LogP contribution in [0, 0.1) is 6.92 Å². The fraction of sp³-hybridized carbons (Fsp3) is 0.190. The molecule has 0 atom stereocenters. The Morgan fingerprint density at radius 2 is 1.66 bits per heavy atom. The van der Waals surface area contributed by atoms with Crippen molar-refractivity contribution in [2.45, 2.75) is 26.3 Å². The van der Waals surface area contributed by atoms with E-state index in [2.05, 4.69) is 10.3 Å². The minimum atomic E-state index is -0.843. The van der Waals surface area contributed by atoms with Crippen molar-refractivity contribution in [1.29, 1.82) is 0 Å². The number of nitrogens with zero attached hydrogens (tertiary/aromatic N) is 3. The molecule has 5 nitrogen and oxygen atoms in total. The van der Waals surface area contributed by atoms with Crippen LogP contribution in [0.3, 0.4) is 0 Å². The van der Waals surface area contributed by atoms with Gasteiger partial charge in [-0.1, -0.05) is 46.9 Å². The molecule has 0 saturated carbocycles. The number of nitrogens with one attached hydrogen (secondary N) is 1. The third kappa shape index (κ3) is 3.54. The Kier molecular flexibility index (Phi) is 4.93. The summed E-state index contributed by atoms with van der Waals surface area (Å²) in [6, 6.07) is 12.7. The summed E-state index contributed by atoms with van der Waals surface area (Å²) in [7, 11) is 0. The van der Waals surface area contributed by atoms with Crippen LogP contribution in [0.1, 0.15) is 25.1 Å². The van der Waals surface area contributed by atoms with Gasteiger partial charge in [0.1, 0.15) is 11.2 Å². The molecule has 0 bridgehead atoms. The standard InChI is InChI=1S/C21H17Cl3N4O/c1-11-17(19-25-20(29)21(2,3)26-19)27-28(16-9-8-14(23)10-15(16)24)18(11)12-4-6-13(22)7-5-12/h4-10H,1-3H3,(H,25,26,29). The summed E-state index contributed by atoms with van der Waals surface area (Å²) in [6.07, 6.45) is 0. The zero-order valence-electron chi connectivity index (χ0n) is 15.9. The van der Waals surface area contributed by atoms with Crippen LogP contribution in [0.5, 0.6) is 0 Å². The zero-order chi connectivity index (χ0) is 20.9. The Hall–Kier alpha value is -2.34. The molecule has 3 aromatic rings. The summed E-state index contributed by atoms with van der Waals surface area (Å²) >= 11 is 18.6. The van der Waals surface area contributed by atoms with Crippen LogP contribution in [-0.2, 0) is 4.79 Å².